The van der Waals surface area contributed by atoms with Crippen LogP contribution in [0.3, 0.4) is 0 Å². The molecule has 0 saturated carbocycles. The fraction of sp³-hybridized carbons (Fsp3) is 0.500. The van der Waals surface area contributed by atoms with Gasteiger partial charge in [-0.05, 0) is 31.2 Å². The first-order chi connectivity index (χ1) is 9.13. The Morgan fingerprint density at radius 1 is 1.32 bits per heavy atom. The van der Waals surface area contributed by atoms with E-state index in [2.05, 4.69) is 17.6 Å². The molecule has 2 N–H and O–H groups in total. The molecule has 0 aliphatic heterocycles. The van der Waals surface area contributed by atoms with Crippen LogP contribution in [0.25, 0.3) is 0 Å². The van der Waals surface area contributed by atoms with Crippen molar-refractivity contribution in [1.29, 1.82) is 0 Å². The number of hydrogen-bond acceptors (Lipinski definition) is 2. The van der Waals surface area contributed by atoms with E-state index in [1.165, 1.54) is 31.0 Å². The highest BCUT2D eigenvalue weighted by molar-refractivity contribution is 6.31. The summed E-state index contributed by atoms with van der Waals surface area (Å²) >= 11 is 5.63. The zero-order valence-corrected chi connectivity index (χ0v) is 11.9. The van der Waals surface area contributed by atoms with Gasteiger partial charge in [0.25, 0.3) is 0 Å². The Morgan fingerprint density at radius 2 is 2.11 bits per heavy atom. The molecular weight excluding hydrogens is 267 g/mol. The summed E-state index contributed by atoms with van der Waals surface area (Å²) in [6, 6.07) is 4.14. The predicted octanol–water partition coefficient (Wildman–Crippen LogP) is 3.59. The van der Waals surface area contributed by atoms with Crippen molar-refractivity contribution in [1.82, 2.24) is 5.32 Å². The summed E-state index contributed by atoms with van der Waals surface area (Å²) in [4.78, 5) is 11.6. The molecule has 0 heterocycles. The van der Waals surface area contributed by atoms with E-state index in [0.717, 1.165) is 13.0 Å². The van der Waals surface area contributed by atoms with E-state index >= 15 is 0 Å². The summed E-state index contributed by atoms with van der Waals surface area (Å²) in [7, 11) is 0. The summed E-state index contributed by atoms with van der Waals surface area (Å²) in [5, 5.41) is 5.90. The number of benzene rings is 1. The maximum absolute atomic E-state index is 12.9. The van der Waals surface area contributed by atoms with E-state index < -0.39 is 5.82 Å². The number of rotatable bonds is 8. The number of halogens is 2. The molecule has 0 atom stereocenters. The number of nitrogens with one attached hydrogen (secondary N) is 2. The smallest absolute Gasteiger partial charge is 0.225 e. The monoisotopic (exact) mass is 286 g/mol. The lowest BCUT2D eigenvalue weighted by molar-refractivity contribution is -0.116. The van der Waals surface area contributed by atoms with Crippen molar-refractivity contribution in [3.8, 4) is 0 Å². The van der Waals surface area contributed by atoms with E-state index in [9.17, 15) is 9.18 Å². The van der Waals surface area contributed by atoms with Crippen molar-refractivity contribution in [3.63, 3.8) is 0 Å². The van der Waals surface area contributed by atoms with Gasteiger partial charge >= 0.3 is 0 Å². The van der Waals surface area contributed by atoms with Crippen molar-refractivity contribution in [3.05, 3.63) is 29.0 Å². The third kappa shape index (κ3) is 6.55. The Morgan fingerprint density at radius 3 is 2.79 bits per heavy atom. The summed E-state index contributed by atoms with van der Waals surface area (Å²) in [6.07, 6.45) is 3.91. The Balaban J connectivity index is 2.21. The van der Waals surface area contributed by atoms with Crippen LogP contribution in [0.4, 0.5) is 10.1 Å². The average molecular weight is 287 g/mol. The second kappa shape index (κ2) is 8.88. The minimum atomic E-state index is -0.489. The minimum Gasteiger partial charge on any atom is -0.326 e. The molecule has 0 aliphatic carbocycles. The average Bonchev–Trinajstić information content (AvgIpc) is 2.38. The van der Waals surface area contributed by atoms with E-state index in [-0.39, 0.29) is 10.9 Å². The van der Waals surface area contributed by atoms with Crippen LogP contribution in [-0.2, 0) is 4.79 Å². The van der Waals surface area contributed by atoms with Crippen LogP contribution in [0.2, 0.25) is 5.02 Å². The highest BCUT2D eigenvalue weighted by Gasteiger charge is 2.04. The summed E-state index contributed by atoms with van der Waals surface area (Å²) in [5.41, 5.74) is 0.516. The number of amides is 1. The van der Waals surface area contributed by atoms with Gasteiger partial charge in [-0.3, -0.25) is 4.79 Å². The number of carbonyl (C=O) groups is 1. The molecule has 0 bridgehead atoms. The Hall–Kier alpha value is -1.13. The van der Waals surface area contributed by atoms with Gasteiger partial charge in [-0.15, -0.1) is 0 Å². The fourth-order valence-electron chi connectivity index (χ4n) is 1.62. The second-order valence-corrected chi connectivity index (χ2v) is 4.79. The lowest BCUT2D eigenvalue weighted by atomic mass is 10.2. The SMILES string of the molecule is CCCCCNCCC(=O)Nc1ccc(F)c(Cl)c1. The van der Waals surface area contributed by atoms with Gasteiger partial charge in [0.1, 0.15) is 5.82 Å². The van der Waals surface area contributed by atoms with Gasteiger partial charge in [-0.1, -0.05) is 31.4 Å². The van der Waals surface area contributed by atoms with Crippen molar-refractivity contribution in [2.75, 3.05) is 18.4 Å². The third-order valence-electron chi connectivity index (χ3n) is 2.69. The van der Waals surface area contributed by atoms with Crippen LogP contribution in [0.1, 0.15) is 32.6 Å². The summed E-state index contributed by atoms with van der Waals surface area (Å²) < 4.78 is 12.9. The van der Waals surface area contributed by atoms with Crippen molar-refractivity contribution in [2.45, 2.75) is 32.6 Å². The molecule has 106 valence electrons. The fourth-order valence-corrected chi connectivity index (χ4v) is 1.80. The van der Waals surface area contributed by atoms with Crippen LogP contribution >= 0.6 is 11.6 Å². The molecule has 5 heteroatoms. The van der Waals surface area contributed by atoms with E-state index in [4.69, 9.17) is 11.6 Å². The van der Waals surface area contributed by atoms with Gasteiger partial charge in [0.15, 0.2) is 0 Å². The van der Waals surface area contributed by atoms with Crippen LogP contribution in [0, 0.1) is 5.82 Å². The van der Waals surface area contributed by atoms with E-state index in [1.807, 2.05) is 0 Å². The lowest BCUT2D eigenvalue weighted by Crippen LogP contribution is -2.22. The Bertz CT molecular complexity index is 412. The molecule has 0 spiro atoms. The first-order valence-electron chi connectivity index (χ1n) is 6.59. The maximum atomic E-state index is 12.9. The third-order valence-corrected chi connectivity index (χ3v) is 2.98. The van der Waals surface area contributed by atoms with Gasteiger partial charge in [0.05, 0.1) is 5.02 Å². The van der Waals surface area contributed by atoms with E-state index in [1.54, 1.807) is 0 Å². The second-order valence-electron chi connectivity index (χ2n) is 4.38. The normalized spacial score (nSPS) is 10.5. The summed E-state index contributed by atoms with van der Waals surface area (Å²) in [5.74, 6) is -0.595. The van der Waals surface area contributed by atoms with Crippen LogP contribution < -0.4 is 10.6 Å². The number of anilines is 1. The first-order valence-corrected chi connectivity index (χ1v) is 6.97. The highest BCUT2D eigenvalue weighted by Crippen LogP contribution is 2.19. The molecule has 1 rings (SSSR count). The lowest BCUT2D eigenvalue weighted by Gasteiger charge is -2.07. The van der Waals surface area contributed by atoms with Gasteiger partial charge in [0, 0.05) is 18.7 Å². The van der Waals surface area contributed by atoms with Gasteiger partial charge in [0.2, 0.25) is 5.91 Å². The molecule has 0 aromatic heterocycles. The van der Waals surface area contributed by atoms with Crippen LogP contribution in [0.5, 0.6) is 0 Å². The van der Waals surface area contributed by atoms with Gasteiger partial charge in [-0.2, -0.15) is 0 Å². The Kier molecular flexibility index (Phi) is 7.45. The quantitative estimate of drug-likeness (QED) is 0.717. The standard InChI is InChI=1S/C14H20ClFN2O/c1-2-3-4-8-17-9-7-14(19)18-11-5-6-13(16)12(15)10-11/h5-6,10,17H,2-4,7-9H2,1H3,(H,18,19). The van der Waals surface area contributed by atoms with Crippen molar-refractivity contribution in [2.24, 2.45) is 0 Å². The first kappa shape index (κ1) is 15.9. The largest absolute Gasteiger partial charge is 0.326 e. The molecule has 1 amide bonds. The zero-order valence-electron chi connectivity index (χ0n) is 11.1. The molecule has 0 fully saturated rings. The highest BCUT2D eigenvalue weighted by atomic mass is 35.5. The van der Waals surface area contributed by atoms with Crippen LogP contribution in [-0.4, -0.2) is 19.0 Å². The zero-order chi connectivity index (χ0) is 14.1. The molecule has 1 aromatic carbocycles. The maximum Gasteiger partial charge on any atom is 0.225 e. The molecular formula is C14H20ClFN2O. The topological polar surface area (TPSA) is 41.1 Å². The minimum absolute atomic E-state index is 0.00971. The molecule has 19 heavy (non-hydrogen) atoms. The van der Waals surface area contributed by atoms with Crippen molar-refractivity contribution < 1.29 is 9.18 Å². The molecule has 0 radical (unpaired) electrons. The molecule has 0 aliphatic rings. The number of hydrogen-bond donors (Lipinski definition) is 2. The molecule has 0 saturated heterocycles. The Labute approximate surface area is 118 Å². The van der Waals surface area contributed by atoms with Gasteiger partial charge < -0.3 is 10.6 Å². The molecule has 3 nitrogen and oxygen atoms in total. The van der Waals surface area contributed by atoms with Crippen molar-refractivity contribution >= 4 is 23.2 Å². The van der Waals surface area contributed by atoms with Crippen LogP contribution in [0.15, 0.2) is 18.2 Å². The molecule has 0 unspecified atom stereocenters. The summed E-state index contributed by atoms with van der Waals surface area (Å²) in [6.45, 7) is 3.73. The van der Waals surface area contributed by atoms with E-state index in [0.29, 0.717) is 18.7 Å². The number of unbranched alkanes of at least 4 members (excludes halogenated alkanes) is 2. The predicted molar refractivity (Wildman–Crippen MR) is 77.1 cm³/mol. The number of carbonyl (C=O) groups excluding carboxylic acids is 1. The van der Waals surface area contributed by atoms with Gasteiger partial charge in [-0.25, -0.2) is 4.39 Å². The molecule has 1 aromatic rings.